The molecule has 2 rings (SSSR count). The van der Waals surface area contributed by atoms with Crippen LogP contribution in [0.2, 0.25) is 0 Å². The van der Waals surface area contributed by atoms with Crippen molar-refractivity contribution in [2.75, 3.05) is 0 Å². The lowest BCUT2D eigenvalue weighted by molar-refractivity contribution is -0.148. The molecule has 1 saturated carbocycles. The number of esters is 1. The van der Waals surface area contributed by atoms with Crippen LogP contribution < -0.4 is 5.32 Å². The van der Waals surface area contributed by atoms with Crippen LogP contribution in [0.3, 0.4) is 0 Å². The number of carbonyl (C=O) groups is 1. The van der Waals surface area contributed by atoms with Gasteiger partial charge in [-0.2, -0.15) is 0 Å². The molecule has 1 aliphatic rings. The van der Waals surface area contributed by atoms with Gasteiger partial charge in [-0.25, -0.2) is 0 Å². The molecule has 0 saturated heterocycles. The van der Waals surface area contributed by atoms with Gasteiger partial charge >= 0.3 is 5.97 Å². The van der Waals surface area contributed by atoms with Crippen LogP contribution in [0.15, 0.2) is 18.5 Å². The summed E-state index contributed by atoms with van der Waals surface area (Å²) in [6.07, 6.45) is 6.46. The Bertz CT molecular complexity index is 381. The first-order chi connectivity index (χ1) is 8.13. The number of aromatic nitrogens is 1. The minimum atomic E-state index is -0.183. The average molecular weight is 236 g/mol. The fourth-order valence-corrected chi connectivity index (χ4v) is 1.69. The predicted molar refractivity (Wildman–Crippen MR) is 65.5 cm³/mol. The van der Waals surface area contributed by atoms with Gasteiger partial charge in [0.05, 0.1) is 6.10 Å². The van der Waals surface area contributed by atoms with E-state index in [1.807, 2.05) is 36.9 Å². The monoisotopic (exact) mass is 236 g/mol. The Morgan fingerprint density at radius 1 is 1.59 bits per heavy atom. The molecular formula is C13H20N2O2. The van der Waals surface area contributed by atoms with Gasteiger partial charge in [-0.15, -0.1) is 0 Å². The third-order valence-electron chi connectivity index (χ3n) is 2.66. The second-order valence-corrected chi connectivity index (χ2v) is 4.89. The zero-order valence-electron chi connectivity index (χ0n) is 10.5. The normalized spacial score (nSPS) is 15.2. The summed E-state index contributed by atoms with van der Waals surface area (Å²) in [7, 11) is 0. The molecule has 1 aromatic rings. The van der Waals surface area contributed by atoms with Gasteiger partial charge in [0.2, 0.25) is 0 Å². The van der Waals surface area contributed by atoms with Gasteiger partial charge in [-0.3, -0.25) is 4.79 Å². The topological polar surface area (TPSA) is 43.3 Å². The number of nitrogens with one attached hydrogen (secondary N) is 1. The van der Waals surface area contributed by atoms with Crippen molar-refractivity contribution in [1.82, 2.24) is 9.88 Å². The fraction of sp³-hybridized carbons (Fsp3) is 0.615. The van der Waals surface area contributed by atoms with E-state index in [-0.39, 0.29) is 12.1 Å². The Labute approximate surface area is 102 Å². The SMILES string of the molecule is CC(C)OC(=O)Cn1ccc(CNC2CC2)c1. The van der Waals surface area contributed by atoms with Crippen LogP contribution in [0.1, 0.15) is 32.3 Å². The highest BCUT2D eigenvalue weighted by Crippen LogP contribution is 2.19. The van der Waals surface area contributed by atoms with Crippen LogP contribution >= 0.6 is 0 Å². The molecule has 17 heavy (non-hydrogen) atoms. The zero-order valence-corrected chi connectivity index (χ0v) is 10.5. The Morgan fingerprint density at radius 3 is 3.00 bits per heavy atom. The fourth-order valence-electron chi connectivity index (χ4n) is 1.69. The highest BCUT2D eigenvalue weighted by Gasteiger charge is 2.20. The second-order valence-electron chi connectivity index (χ2n) is 4.89. The Morgan fingerprint density at radius 2 is 2.35 bits per heavy atom. The third kappa shape index (κ3) is 4.23. The summed E-state index contributed by atoms with van der Waals surface area (Å²) in [4.78, 5) is 11.4. The predicted octanol–water partition coefficient (Wildman–Crippen LogP) is 1.69. The van der Waals surface area contributed by atoms with Gasteiger partial charge in [-0.1, -0.05) is 0 Å². The number of hydrogen-bond acceptors (Lipinski definition) is 3. The molecule has 4 nitrogen and oxygen atoms in total. The van der Waals surface area contributed by atoms with E-state index in [4.69, 9.17) is 4.74 Å². The first kappa shape index (κ1) is 12.2. The first-order valence-electron chi connectivity index (χ1n) is 6.21. The summed E-state index contributed by atoms with van der Waals surface area (Å²) < 4.78 is 6.97. The number of ether oxygens (including phenoxy) is 1. The van der Waals surface area contributed by atoms with E-state index in [0.29, 0.717) is 12.6 Å². The summed E-state index contributed by atoms with van der Waals surface area (Å²) in [6, 6.07) is 2.75. The van der Waals surface area contributed by atoms with Crippen LogP contribution in [0.4, 0.5) is 0 Å². The highest BCUT2D eigenvalue weighted by molar-refractivity contribution is 5.69. The van der Waals surface area contributed by atoms with Crippen molar-refractivity contribution in [2.45, 2.75) is 51.9 Å². The maximum Gasteiger partial charge on any atom is 0.326 e. The average Bonchev–Trinajstić information content (AvgIpc) is 2.96. The van der Waals surface area contributed by atoms with Crippen LogP contribution in [0.5, 0.6) is 0 Å². The first-order valence-corrected chi connectivity index (χ1v) is 6.21. The summed E-state index contributed by atoms with van der Waals surface area (Å²) >= 11 is 0. The molecule has 0 amide bonds. The van der Waals surface area contributed by atoms with Gasteiger partial charge in [0.15, 0.2) is 0 Å². The van der Waals surface area contributed by atoms with E-state index in [1.165, 1.54) is 18.4 Å². The zero-order chi connectivity index (χ0) is 12.3. The molecule has 1 heterocycles. The molecule has 1 N–H and O–H groups in total. The molecule has 0 aliphatic heterocycles. The van der Waals surface area contributed by atoms with Crippen molar-refractivity contribution in [3.63, 3.8) is 0 Å². The van der Waals surface area contributed by atoms with E-state index < -0.39 is 0 Å². The lowest BCUT2D eigenvalue weighted by atomic mass is 10.3. The smallest absolute Gasteiger partial charge is 0.326 e. The molecule has 94 valence electrons. The number of carbonyl (C=O) groups excluding carboxylic acids is 1. The molecule has 0 radical (unpaired) electrons. The number of rotatable bonds is 6. The van der Waals surface area contributed by atoms with Crippen molar-refractivity contribution in [3.8, 4) is 0 Å². The van der Waals surface area contributed by atoms with Gasteiger partial charge in [-0.05, 0) is 38.3 Å². The lowest BCUT2D eigenvalue weighted by Gasteiger charge is -2.08. The van der Waals surface area contributed by atoms with E-state index in [2.05, 4.69) is 5.32 Å². The minimum Gasteiger partial charge on any atom is -0.462 e. The number of hydrogen-bond donors (Lipinski definition) is 1. The minimum absolute atomic E-state index is 0.0472. The molecule has 0 bridgehead atoms. The maximum atomic E-state index is 11.4. The van der Waals surface area contributed by atoms with Crippen LogP contribution in [0.25, 0.3) is 0 Å². The van der Waals surface area contributed by atoms with Crippen LogP contribution in [0, 0.1) is 0 Å². The molecule has 1 aliphatic carbocycles. The van der Waals surface area contributed by atoms with Crippen molar-refractivity contribution < 1.29 is 9.53 Å². The molecule has 4 heteroatoms. The molecule has 1 fully saturated rings. The number of nitrogens with zero attached hydrogens (tertiary/aromatic N) is 1. The van der Waals surface area contributed by atoms with Crippen molar-refractivity contribution in [2.24, 2.45) is 0 Å². The summed E-state index contributed by atoms with van der Waals surface area (Å²) in [5, 5.41) is 3.44. The molecule has 0 aromatic carbocycles. The van der Waals surface area contributed by atoms with Gasteiger partial charge in [0, 0.05) is 25.0 Å². The van der Waals surface area contributed by atoms with E-state index in [9.17, 15) is 4.79 Å². The summed E-state index contributed by atoms with van der Waals surface area (Å²) in [5.41, 5.74) is 1.22. The van der Waals surface area contributed by atoms with Crippen LogP contribution in [-0.2, 0) is 22.6 Å². The second kappa shape index (κ2) is 5.36. The quantitative estimate of drug-likeness (QED) is 0.764. The van der Waals surface area contributed by atoms with Gasteiger partial charge < -0.3 is 14.6 Å². The van der Waals surface area contributed by atoms with Gasteiger partial charge in [0.1, 0.15) is 6.54 Å². The summed E-state index contributed by atoms with van der Waals surface area (Å²) in [6.45, 7) is 4.90. The molecule has 1 aromatic heterocycles. The van der Waals surface area contributed by atoms with Crippen LogP contribution in [-0.4, -0.2) is 22.7 Å². The highest BCUT2D eigenvalue weighted by atomic mass is 16.5. The standard InChI is InChI=1S/C13H20N2O2/c1-10(2)17-13(16)9-15-6-5-11(8-15)7-14-12-3-4-12/h5-6,8,10,12,14H,3-4,7,9H2,1-2H3. The maximum absolute atomic E-state index is 11.4. The molecular weight excluding hydrogens is 216 g/mol. The third-order valence-corrected chi connectivity index (χ3v) is 2.66. The van der Waals surface area contributed by atoms with Crippen molar-refractivity contribution >= 4 is 5.97 Å². The van der Waals surface area contributed by atoms with Crippen molar-refractivity contribution in [1.29, 1.82) is 0 Å². The summed E-state index contributed by atoms with van der Waals surface area (Å²) in [5.74, 6) is -0.183. The molecule has 0 atom stereocenters. The lowest BCUT2D eigenvalue weighted by Crippen LogP contribution is -2.17. The molecule has 0 spiro atoms. The van der Waals surface area contributed by atoms with Crippen molar-refractivity contribution in [3.05, 3.63) is 24.0 Å². The van der Waals surface area contributed by atoms with E-state index >= 15 is 0 Å². The Kier molecular flexibility index (Phi) is 3.84. The Hall–Kier alpha value is -1.29. The largest absolute Gasteiger partial charge is 0.462 e. The van der Waals surface area contributed by atoms with E-state index in [1.54, 1.807) is 0 Å². The van der Waals surface area contributed by atoms with Gasteiger partial charge in [0.25, 0.3) is 0 Å². The molecule has 0 unspecified atom stereocenters. The van der Waals surface area contributed by atoms with E-state index in [0.717, 1.165) is 6.54 Å². The Balaban J connectivity index is 1.78.